The highest BCUT2D eigenvalue weighted by molar-refractivity contribution is 5.94. The van der Waals surface area contributed by atoms with Crippen LogP contribution in [0.25, 0.3) is 0 Å². The largest absolute Gasteiger partial charge is 0.471 e. The third-order valence-electron chi connectivity index (χ3n) is 4.14. The Morgan fingerprint density at radius 1 is 1.35 bits per heavy atom. The highest BCUT2D eigenvalue weighted by Crippen LogP contribution is 2.22. The number of nitrogens with one attached hydrogen (secondary N) is 1. The van der Waals surface area contributed by atoms with E-state index in [0.717, 1.165) is 0 Å². The van der Waals surface area contributed by atoms with Gasteiger partial charge in [0.1, 0.15) is 6.10 Å². The third kappa shape index (κ3) is 5.18. The minimum Gasteiger partial charge on any atom is -0.364 e. The molecule has 2 atom stereocenters. The molecule has 144 valence electrons. The molecule has 0 spiro atoms. The maximum absolute atomic E-state index is 12.6. The lowest BCUT2D eigenvalue weighted by atomic mass is 10.1. The van der Waals surface area contributed by atoms with Crippen LogP contribution in [0.3, 0.4) is 0 Å². The summed E-state index contributed by atoms with van der Waals surface area (Å²) in [7, 11) is 0. The maximum atomic E-state index is 12.6. The van der Waals surface area contributed by atoms with Crippen molar-refractivity contribution < 1.29 is 27.5 Å². The number of hydrogen-bond donors (Lipinski definition) is 2. The molecule has 9 heteroatoms. The van der Waals surface area contributed by atoms with Gasteiger partial charge >= 0.3 is 12.1 Å². The molecule has 3 N–H and O–H groups in total. The van der Waals surface area contributed by atoms with Crippen molar-refractivity contribution in [3.05, 3.63) is 29.8 Å². The summed E-state index contributed by atoms with van der Waals surface area (Å²) in [5.41, 5.74) is 6.43. The van der Waals surface area contributed by atoms with Gasteiger partial charge in [-0.1, -0.05) is 12.1 Å². The van der Waals surface area contributed by atoms with Gasteiger partial charge in [0.15, 0.2) is 0 Å². The van der Waals surface area contributed by atoms with Gasteiger partial charge in [0.25, 0.3) is 5.91 Å². The van der Waals surface area contributed by atoms with Crippen molar-refractivity contribution in [1.82, 2.24) is 4.90 Å². The van der Waals surface area contributed by atoms with E-state index in [2.05, 4.69) is 5.32 Å². The summed E-state index contributed by atoms with van der Waals surface area (Å²) in [6, 6.07) is 6.37. The minimum absolute atomic E-state index is 0.0781. The Kier molecular flexibility index (Phi) is 6.60. The summed E-state index contributed by atoms with van der Waals surface area (Å²) in [5.74, 6) is -2.21. The quantitative estimate of drug-likeness (QED) is 0.799. The van der Waals surface area contributed by atoms with Crippen LogP contribution in [0.4, 0.5) is 18.9 Å². The fourth-order valence-corrected chi connectivity index (χ4v) is 2.77. The number of carbonyl (C=O) groups is 2. The lowest BCUT2D eigenvalue weighted by Crippen LogP contribution is -2.40. The molecule has 1 aromatic carbocycles. The molecule has 0 bridgehead atoms. The van der Waals surface area contributed by atoms with E-state index in [1.165, 1.54) is 6.92 Å². The number of amides is 2. The number of nitrogens with two attached hydrogens (primary N) is 1. The molecule has 2 rings (SSSR count). The molecule has 26 heavy (non-hydrogen) atoms. The molecule has 1 saturated heterocycles. The van der Waals surface area contributed by atoms with Crippen molar-refractivity contribution in [3.63, 3.8) is 0 Å². The summed E-state index contributed by atoms with van der Waals surface area (Å²) >= 11 is 0. The Morgan fingerprint density at radius 2 is 2.08 bits per heavy atom. The molecule has 1 heterocycles. The highest BCUT2D eigenvalue weighted by atomic mass is 19.4. The van der Waals surface area contributed by atoms with E-state index in [-0.39, 0.29) is 25.1 Å². The normalized spacial score (nSPS) is 20.0. The van der Waals surface area contributed by atoms with E-state index in [4.69, 9.17) is 10.5 Å². The number of ether oxygens (including phenoxy) is 1. The van der Waals surface area contributed by atoms with Crippen LogP contribution >= 0.6 is 0 Å². The second kappa shape index (κ2) is 8.50. The van der Waals surface area contributed by atoms with Gasteiger partial charge in [-0.25, -0.2) is 0 Å². The number of rotatable bonds is 6. The Labute approximate surface area is 149 Å². The molecule has 1 aliphatic heterocycles. The van der Waals surface area contributed by atoms with Crippen molar-refractivity contribution in [2.45, 2.75) is 44.7 Å². The molecule has 0 aromatic heterocycles. The molecule has 0 saturated carbocycles. The maximum Gasteiger partial charge on any atom is 0.471 e. The van der Waals surface area contributed by atoms with Crippen molar-refractivity contribution in [3.8, 4) is 0 Å². The molecule has 0 radical (unpaired) electrons. The van der Waals surface area contributed by atoms with E-state index in [9.17, 15) is 22.8 Å². The van der Waals surface area contributed by atoms with Gasteiger partial charge in [-0.2, -0.15) is 13.2 Å². The number of alkyl halides is 3. The van der Waals surface area contributed by atoms with Gasteiger partial charge in [-0.05, 0) is 37.5 Å². The average Bonchev–Trinajstić information content (AvgIpc) is 3.08. The van der Waals surface area contributed by atoms with Crippen LogP contribution in [0.2, 0.25) is 0 Å². The summed E-state index contributed by atoms with van der Waals surface area (Å²) in [6.07, 6.45) is -4.37. The van der Waals surface area contributed by atoms with E-state index in [1.807, 2.05) is 0 Å². The van der Waals surface area contributed by atoms with E-state index >= 15 is 0 Å². The topological polar surface area (TPSA) is 84.7 Å². The monoisotopic (exact) mass is 373 g/mol. The number of nitrogens with zero attached hydrogens (tertiary/aromatic N) is 1. The molecular formula is C17H22F3N3O3. The lowest BCUT2D eigenvalue weighted by molar-refractivity contribution is -0.185. The number of hydrogen-bond acceptors (Lipinski definition) is 4. The lowest BCUT2D eigenvalue weighted by Gasteiger charge is -2.22. The van der Waals surface area contributed by atoms with Crippen LogP contribution in [0.1, 0.15) is 25.3 Å². The van der Waals surface area contributed by atoms with Crippen LogP contribution in [0.5, 0.6) is 0 Å². The Hall–Kier alpha value is -2.13. The summed E-state index contributed by atoms with van der Waals surface area (Å²) in [4.78, 5) is 24.3. The predicted octanol–water partition coefficient (Wildman–Crippen LogP) is 2.04. The number of benzene rings is 1. The van der Waals surface area contributed by atoms with Crippen molar-refractivity contribution >= 4 is 17.5 Å². The van der Waals surface area contributed by atoms with Crippen LogP contribution in [-0.4, -0.2) is 48.2 Å². The van der Waals surface area contributed by atoms with Crippen LogP contribution < -0.4 is 11.1 Å². The zero-order valence-electron chi connectivity index (χ0n) is 14.4. The van der Waals surface area contributed by atoms with E-state index in [0.29, 0.717) is 35.5 Å². The van der Waals surface area contributed by atoms with Crippen molar-refractivity contribution in [2.24, 2.45) is 5.73 Å². The second-order valence-corrected chi connectivity index (χ2v) is 6.07. The van der Waals surface area contributed by atoms with Gasteiger partial charge in [-0.3, -0.25) is 9.59 Å². The molecular weight excluding hydrogens is 351 g/mol. The number of carbonyl (C=O) groups excluding carboxylic acids is 2. The zero-order chi connectivity index (χ0) is 19.3. The van der Waals surface area contributed by atoms with Crippen molar-refractivity contribution in [2.75, 3.05) is 18.4 Å². The van der Waals surface area contributed by atoms with Gasteiger partial charge in [0.05, 0.1) is 6.10 Å². The second-order valence-electron chi connectivity index (χ2n) is 6.07. The number of anilines is 1. The Balaban J connectivity index is 2.01. The molecule has 1 aromatic rings. The highest BCUT2D eigenvalue weighted by Gasteiger charge is 2.41. The summed E-state index contributed by atoms with van der Waals surface area (Å²) in [6.45, 7) is 1.54. The van der Waals surface area contributed by atoms with Gasteiger partial charge in [0, 0.05) is 25.3 Å². The predicted molar refractivity (Wildman–Crippen MR) is 89.2 cm³/mol. The molecule has 1 aliphatic rings. The van der Waals surface area contributed by atoms with Crippen LogP contribution in [0, 0.1) is 0 Å². The first-order chi connectivity index (χ1) is 12.2. The SMILES string of the molecule is CCN(Cc1cccc(NC(=O)[C@@H]2CC[C@H](CN)O2)c1)C(=O)C(F)(F)F. The van der Waals surface area contributed by atoms with E-state index < -0.39 is 18.2 Å². The Morgan fingerprint density at radius 3 is 2.65 bits per heavy atom. The first-order valence-electron chi connectivity index (χ1n) is 8.36. The standard InChI is InChI=1S/C17H22F3N3O3/c1-2-23(16(25)17(18,19)20)10-11-4-3-5-12(8-11)22-15(24)14-7-6-13(9-21)26-14/h3-5,8,13-14H,2,6-7,9-10,21H2,1H3,(H,22,24)/t13-,14+/m1/s1. The van der Waals surface area contributed by atoms with E-state index in [1.54, 1.807) is 24.3 Å². The smallest absolute Gasteiger partial charge is 0.364 e. The molecule has 1 fully saturated rings. The molecule has 0 unspecified atom stereocenters. The Bertz CT molecular complexity index is 652. The zero-order valence-corrected chi connectivity index (χ0v) is 14.4. The summed E-state index contributed by atoms with van der Waals surface area (Å²) < 4.78 is 43.3. The van der Waals surface area contributed by atoms with Crippen molar-refractivity contribution in [1.29, 1.82) is 0 Å². The molecule has 6 nitrogen and oxygen atoms in total. The molecule has 2 amide bonds. The van der Waals surface area contributed by atoms with Gasteiger partial charge in [-0.15, -0.1) is 0 Å². The first kappa shape index (κ1) is 20.2. The molecule has 0 aliphatic carbocycles. The number of halogens is 3. The third-order valence-corrected chi connectivity index (χ3v) is 4.14. The minimum atomic E-state index is -4.92. The fourth-order valence-electron chi connectivity index (χ4n) is 2.77. The average molecular weight is 373 g/mol. The first-order valence-corrected chi connectivity index (χ1v) is 8.36. The van der Waals surface area contributed by atoms with Crippen LogP contribution in [0.15, 0.2) is 24.3 Å². The summed E-state index contributed by atoms with van der Waals surface area (Å²) in [5, 5.41) is 2.69. The van der Waals surface area contributed by atoms with Gasteiger partial charge in [0.2, 0.25) is 0 Å². The van der Waals surface area contributed by atoms with Crippen LogP contribution in [-0.2, 0) is 20.9 Å². The van der Waals surface area contributed by atoms with Gasteiger partial charge < -0.3 is 20.7 Å². The fraction of sp³-hybridized carbons (Fsp3) is 0.529.